The summed E-state index contributed by atoms with van der Waals surface area (Å²) in [7, 11) is 0. The summed E-state index contributed by atoms with van der Waals surface area (Å²) >= 11 is 0. The van der Waals surface area contributed by atoms with Crippen molar-refractivity contribution in [3.8, 4) is 48.4 Å². The summed E-state index contributed by atoms with van der Waals surface area (Å²) in [4.78, 5) is 0. The second-order valence-corrected chi connectivity index (χ2v) is 12.3. The second-order valence-electron chi connectivity index (χ2n) is 12.3. The van der Waals surface area contributed by atoms with Crippen LogP contribution in [-0.2, 0) is 5.41 Å². The van der Waals surface area contributed by atoms with Crippen molar-refractivity contribution < 1.29 is 0 Å². The lowest BCUT2D eigenvalue weighted by Gasteiger charge is -2.62. The summed E-state index contributed by atoms with van der Waals surface area (Å²) in [6.07, 6.45) is 18.4. The van der Waals surface area contributed by atoms with Gasteiger partial charge >= 0.3 is 0 Å². The van der Waals surface area contributed by atoms with Crippen molar-refractivity contribution in [1.82, 2.24) is 0 Å². The summed E-state index contributed by atoms with van der Waals surface area (Å²) < 4.78 is 0. The lowest BCUT2D eigenvalue weighted by atomic mass is 9.42. The van der Waals surface area contributed by atoms with Gasteiger partial charge in [0.05, 0.1) is 0 Å². The van der Waals surface area contributed by atoms with E-state index in [1.165, 1.54) is 30.4 Å². The summed E-state index contributed by atoms with van der Waals surface area (Å²) in [6.45, 7) is 0. The summed E-state index contributed by atoms with van der Waals surface area (Å²) in [5, 5.41) is 0. The van der Waals surface area contributed by atoms with Gasteiger partial charge in [0.1, 0.15) is 0 Å². The van der Waals surface area contributed by atoms with Crippen LogP contribution in [0, 0.1) is 66.1 Å². The predicted octanol–water partition coefficient (Wildman–Crippen LogP) is 8.31. The molecule has 4 aromatic rings. The number of terminal acetylenes is 2. The van der Waals surface area contributed by atoms with Crippen LogP contribution >= 0.6 is 0 Å². The van der Waals surface area contributed by atoms with E-state index in [0.29, 0.717) is 11.8 Å². The van der Waals surface area contributed by atoms with E-state index < -0.39 is 0 Å². The lowest BCUT2D eigenvalue weighted by Crippen LogP contribution is -2.54. The van der Waals surface area contributed by atoms with Crippen molar-refractivity contribution in [2.45, 2.75) is 43.4 Å². The van der Waals surface area contributed by atoms with Gasteiger partial charge in [-0.3, -0.25) is 0 Å². The van der Waals surface area contributed by atoms with Gasteiger partial charge in [0.2, 0.25) is 0 Å². The maximum atomic E-state index is 6.12. The van der Waals surface area contributed by atoms with Crippen molar-refractivity contribution in [2.75, 3.05) is 0 Å². The average Bonchev–Trinajstić information content (AvgIpc) is 3.03. The molecule has 200 valence electrons. The highest BCUT2D eigenvalue weighted by molar-refractivity contribution is 5.62. The Morgan fingerprint density at radius 3 is 1.69 bits per heavy atom. The molecule has 4 saturated carbocycles. The molecule has 0 aromatic heterocycles. The highest BCUT2D eigenvalue weighted by atomic mass is 14.6. The molecule has 0 spiro atoms. The van der Waals surface area contributed by atoms with Crippen LogP contribution in [0.15, 0.2) is 97.1 Å². The van der Waals surface area contributed by atoms with Gasteiger partial charge in [-0.15, -0.1) is 12.8 Å². The molecule has 4 aliphatic carbocycles. The predicted molar refractivity (Wildman–Crippen MR) is 172 cm³/mol. The Hall–Kier alpha value is -4.88. The van der Waals surface area contributed by atoms with E-state index in [2.05, 4.69) is 84.1 Å². The molecule has 0 amide bonds. The highest BCUT2D eigenvalue weighted by Crippen LogP contribution is 2.67. The molecule has 0 heterocycles. The fraction of sp³-hybridized carbons (Fsp3) is 0.238. The zero-order valence-corrected chi connectivity index (χ0v) is 23.7. The van der Waals surface area contributed by atoms with Gasteiger partial charge in [-0.2, -0.15) is 0 Å². The molecule has 3 unspecified atom stereocenters. The smallest absolute Gasteiger partial charge is 0.0443 e. The quantitative estimate of drug-likeness (QED) is 0.226. The SMILES string of the molecule is C#Cc1cccc(C2C3CC4CC(C3)CC2(c2cccc(C#C)c2C#Cc2ccccc2)C4)c1C#Cc1ccccc1. The topological polar surface area (TPSA) is 0 Å². The van der Waals surface area contributed by atoms with Gasteiger partial charge in [0.25, 0.3) is 0 Å². The first-order valence-electron chi connectivity index (χ1n) is 15.0. The van der Waals surface area contributed by atoms with Crippen molar-refractivity contribution >= 4 is 0 Å². The average molecular weight is 537 g/mol. The van der Waals surface area contributed by atoms with Crippen molar-refractivity contribution in [3.63, 3.8) is 0 Å². The van der Waals surface area contributed by atoms with Crippen molar-refractivity contribution in [3.05, 3.63) is 142 Å². The summed E-state index contributed by atoms with van der Waals surface area (Å²) in [6, 6.07) is 33.4. The number of rotatable bonds is 2. The molecule has 8 rings (SSSR count). The van der Waals surface area contributed by atoms with Crippen LogP contribution in [0.4, 0.5) is 0 Å². The number of hydrogen-bond donors (Lipinski definition) is 0. The molecule has 3 atom stereocenters. The Kier molecular flexibility index (Phi) is 6.72. The van der Waals surface area contributed by atoms with Gasteiger partial charge in [0.15, 0.2) is 0 Å². The monoisotopic (exact) mass is 536 g/mol. The minimum atomic E-state index is -0.0568. The van der Waals surface area contributed by atoms with E-state index >= 15 is 0 Å². The molecule has 0 radical (unpaired) electrons. The van der Waals surface area contributed by atoms with E-state index in [1.807, 2.05) is 48.5 Å². The maximum absolute atomic E-state index is 6.12. The molecule has 0 N–H and O–H groups in total. The Morgan fingerprint density at radius 2 is 1.10 bits per heavy atom. The van der Waals surface area contributed by atoms with Gasteiger partial charge in [-0.25, -0.2) is 0 Å². The summed E-state index contributed by atoms with van der Waals surface area (Å²) in [5.74, 6) is 22.3. The molecule has 4 bridgehead atoms. The van der Waals surface area contributed by atoms with E-state index in [0.717, 1.165) is 58.1 Å². The first kappa shape index (κ1) is 26.0. The molecule has 0 heteroatoms. The van der Waals surface area contributed by atoms with Crippen LogP contribution in [0.25, 0.3) is 0 Å². The second kappa shape index (κ2) is 10.8. The summed E-state index contributed by atoms with van der Waals surface area (Å²) in [5.41, 5.74) is 8.33. The molecular formula is C42H32. The molecule has 4 aliphatic rings. The fourth-order valence-corrected chi connectivity index (χ4v) is 8.60. The maximum Gasteiger partial charge on any atom is 0.0443 e. The number of hydrogen-bond acceptors (Lipinski definition) is 0. The Balaban J connectivity index is 1.44. The van der Waals surface area contributed by atoms with Crippen molar-refractivity contribution in [2.24, 2.45) is 17.8 Å². The zero-order valence-electron chi connectivity index (χ0n) is 23.7. The lowest BCUT2D eigenvalue weighted by molar-refractivity contribution is -0.0282. The van der Waals surface area contributed by atoms with Crippen LogP contribution in [0.3, 0.4) is 0 Å². The van der Waals surface area contributed by atoms with Gasteiger partial charge in [0, 0.05) is 38.8 Å². The van der Waals surface area contributed by atoms with Crippen LogP contribution in [0.1, 0.15) is 82.5 Å². The van der Waals surface area contributed by atoms with E-state index in [9.17, 15) is 0 Å². The minimum absolute atomic E-state index is 0.0568. The largest absolute Gasteiger partial charge is 0.115 e. The van der Waals surface area contributed by atoms with Gasteiger partial charge < -0.3 is 0 Å². The molecule has 4 aromatic carbocycles. The van der Waals surface area contributed by atoms with Crippen LogP contribution in [-0.4, -0.2) is 0 Å². The molecule has 4 fully saturated rings. The van der Waals surface area contributed by atoms with Crippen molar-refractivity contribution in [1.29, 1.82) is 0 Å². The zero-order chi connectivity index (χ0) is 28.5. The van der Waals surface area contributed by atoms with E-state index in [4.69, 9.17) is 12.8 Å². The van der Waals surface area contributed by atoms with Crippen LogP contribution in [0.2, 0.25) is 0 Å². The highest BCUT2D eigenvalue weighted by Gasteiger charge is 2.59. The molecule has 0 nitrogen and oxygen atoms in total. The third kappa shape index (κ3) is 4.52. The van der Waals surface area contributed by atoms with Crippen LogP contribution in [0.5, 0.6) is 0 Å². The normalized spacial score (nSPS) is 24.8. The Bertz CT molecular complexity index is 1840. The molecule has 0 saturated heterocycles. The Labute approximate surface area is 250 Å². The standard InChI is InChI=1S/C42H32/c1-3-34-17-11-19-39(37(34)23-21-30-13-7-5-8-14-30)41-36-26-32-25-33(27-36)29-42(41,28-32)40-20-12-18-35(4-2)38(40)24-22-31-15-9-6-10-16-31/h1-2,5-20,32-33,36,41H,25-29H2. The molecular weight excluding hydrogens is 504 g/mol. The molecule has 42 heavy (non-hydrogen) atoms. The molecule has 0 aliphatic heterocycles. The van der Waals surface area contributed by atoms with Gasteiger partial charge in [-0.1, -0.05) is 96.2 Å². The van der Waals surface area contributed by atoms with E-state index in [1.54, 1.807) is 0 Å². The first-order valence-corrected chi connectivity index (χ1v) is 15.0. The fourth-order valence-electron chi connectivity index (χ4n) is 8.60. The number of benzene rings is 4. The van der Waals surface area contributed by atoms with Gasteiger partial charge in [-0.05, 0) is 103 Å². The third-order valence-electron chi connectivity index (χ3n) is 9.87. The first-order chi connectivity index (χ1) is 20.7. The van der Waals surface area contributed by atoms with E-state index in [-0.39, 0.29) is 5.41 Å². The van der Waals surface area contributed by atoms with Crippen LogP contribution < -0.4 is 0 Å². The Morgan fingerprint density at radius 1 is 0.548 bits per heavy atom. The third-order valence-corrected chi connectivity index (χ3v) is 9.87. The minimum Gasteiger partial charge on any atom is -0.115 e.